The number of rotatable bonds is 1. The average Bonchev–Trinajstić information content (AvgIpc) is 2.34. The maximum absolute atomic E-state index is 5.49. The van der Waals surface area contributed by atoms with Gasteiger partial charge in [0, 0.05) is 5.70 Å². The average molecular weight is 275 g/mol. The lowest BCUT2D eigenvalue weighted by atomic mass is 9.87. The van der Waals surface area contributed by atoms with Gasteiger partial charge in [-0.2, -0.15) is 0 Å². The molecule has 0 aromatic heterocycles. The van der Waals surface area contributed by atoms with Crippen LogP contribution in [0.25, 0.3) is 0 Å². The molecule has 0 heterocycles. The fourth-order valence-electron chi connectivity index (χ4n) is 1.13. The molecule has 0 spiro atoms. The number of benzene rings is 1. The van der Waals surface area contributed by atoms with Gasteiger partial charge in [-0.1, -0.05) is 76.6 Å². The van der Waals surface area contributed by atoms with Crippen molar-refractivity contribution in [3.8, 4) is 0 Å². The van der Waals surface area contributed by atoms with E-state index in [1.165, 1.54) is 11.1 Å². The fourth-order valence-corrected chi connectivity index (χ4v) is 1.13. The van der Waals surface area contributed by atoms with Crippen LogP contribution in [0, 0.1) is 19.3 Å². The number of hydrogen-bond acceptors (Lipinski definition) is 1. The number of hydrogen-bond donors (Lipinski definition) is 1. The third-order valence-electron chi connectivity index (χ3n) is 2.58. The van der Waals surface area contributed by atoms with E-state index in [0.717, 1.165) is 11.3 Å². The van der Waals surface area contributed by atoms with Crippen LogP contribution in [0.4, 0.5) is 0 Å². The van der Waals surface area contributed by atoms with Gasteiger partial charge in [0.25, 0.3) is 0 Å². The zero-order valence-corrected chi connectivity index (χ0v) is 14.7. The van der Waals surface area contributed by atoms with Crippen molar-refractivity contribution in [1.29, 1.82) is 0 Å². The van der Waals surface area contributed by atoms with Crippen LogP contribution in [0.2, 0.25) is 0 Å². The first-order valence-electron chi connectivity index (χ1n) is 7.29. The summed E-state index contributed by atoms with van der Waals surface area (Å²) in [6.07, 6.45) is 1.92. The molecule has 0 bridgehead atoms. The highest BCUT2D eigenvalue weighted by Gasteiger charge is 2.11. The van der Waals surface area contributed by atoms with Gasteiger partial charge in [-0.3, -0.25) is 0 Å². The van der Waals surface area contributed by atoms with Crippen LogP contribution in [-0.2, 0) is 0 Å². The van der Waals surface area contributed by atoms with Gasteiger partial charge in [0.1, 0.15) is 0 Å². The predicted octanol–water partition coefficient (Wildman–Crippen LogP) is 5.78. The lowest BCUT2D eigenvalue weighted by molar-refractivity contribution is 0.518. The van der Waals surface area contributed by atoms with Crippen molar-refractivity contribution in [1.82, 2.24) is 0 Å². The van der Waals surface area contributed by atoms with E-state index in [-0.39, 0.29) is 5.41 Å². The minimum atomic E-state index is 0.140. The van der Waals surface area contributed by atoms with Crippen molar-refractivity contribution in [2.75, 3.05) is 0 Å². The molecule has 114 valence electrons. The Kier molecular flexibility index (Phi) is 10.7. The molecule has 0 aliphatic carbocycles. The molecule has 0 aliphatic rings. The zero-order valence-electron chi connectivity index (χ0n) is 14.7. The van der Waals surface area contributed by atoms with Crippen LogP contribution in [0.3, 0.4) is 0 Å². The third-order valence-corrected chi connectivity index (χ3v) is 2.58. The van der Waals surface area contributed by atoms with E-state index in [9.17, 15) is 0 Å². The normalized spacial score (nSPS) is 10.7. The van der Waals surface area contributed by atoms with Crippen LogP contribution in [0.15, 0.2) is 48.2 Å². The lowest BCUT2D eigenvalue weighted by Gasteiger charge is -2.18. The molecular formula is C19H33N. The van der Waals surface area contributed by atoms with Gasteiger partial charge in [-0.25, -0.2) is 0 Å². The molecule has 0 fully saturated rings. The summed E-state index contributed by atoms with van der Waals surface area (Å²) in [5.74, 6) is 0. The largest absolute Gasteiger partial charge is 0.402 e. The summed E-state index contributed by atoms with van der Waals surface area (Å²) in [6, 6.07) is 8.48. The third kappa shape index (κ3) is 11.6. The molecule has 2 N–H and O–H groups in total. The molecule has 0 aliphatic heterocycles. The Morgan fingerprint density at radius 1 is 1.00 bits per heavy atom. The lowest BCUT2D eigenvalue weighted by Crippen LogP contribution is -2.07. The molecule has 0 saturated heterocycles. The Hall–Kier alpha value is -1.50. The standard InChI is InChI=1S/C9H17N.C8H10.C2H6/c1-7(6-8(2)10)9(3,4)5;1-7-3-5-8(2)6-4-7;1-2/h6H,1,10H2,2-5H3;3-6H,1-2H3;1-2H3/b8-6+;;. The van der Waals surface area contributed by atoms with Gasteiger partial charge in [0.05, 0.1) is 0 Å². The number of aryl methyl sites for hydroxylation is 2. The predicted molar refractivity (Wildman–Crippen MR) is 93.8 cm³/mol. The van der Waals surface area contributed by atoms with Crippen LogP contribution in [-0.4, -0.2) is 0 Å². The molecule has 1 heteroatoms. The highest BCUT2D eigenvalue weighted by atomic mass is 14.5. The first kappa shape index (κ1) is 20.8. The van der Waals surface area contributed by atoms with Crippen molar-refractivity contribution >= 4 is 0 Å². The summed E-state index contributed by atoms with van der Waals surface area (Å²) in [5, 5.41) is 0. The van der Waals surface area contributed by atoms with Crippen LogP contribution >= 0.6 is 0 Å². The Labute approximate surface area is 126 Å². The number of nitrogens with two attached hydrogens (primary N) is 1. The van der Waals surface area contributed by atoms with E-state index >= 15 is 0 Å². The molecular weight excluding hydrogens is 242 g/mol. The van der Waals surface area contributed by atoms with Gasteiger partial charge in [0.2, 0.25) is 0 Å². The van der Waals surface area contributed by atoms with Crippen molar-refractivity contribution in [3.63, 3.8) is 0 Å². The highest BCUT2D eigenvalue weighted by molar-refractivity contribution is 5.23. The quantitative estimate of drug-likeness (QED) is 0.646. The van der Waals surface area contributed by atoms with Gasteiger partial charge >= 0.3 is 0 Å². The summed E-state index contributed by atoms with van der Waals surface area (Å²) in [6.45, 7) is 20.3. The first-order chi connectivity index (χ1) is 9.12. The smallest absolute Gasteiger partial charge is 0.00516 e. The first-order valence-corrected chi connectivity index (χ1v) is 7.29. The van der Waals surface area contributed by atoms with Crippen molar-refractivity contribution in [2.24, 2.45) is 11.1 Å². The Balaban J connectivity index is 0. The van der Waals surface area contributed by atoms with E-state index in [4.69, 9.17) is 5.73 Å². The maximum atomic E-state index is 5.49. The second-order valence-corrected chi connectivity index (χ2v) is 5.82. The summed E-state index contributed by atoms with van der Waals surface area (Å²) in [7, 11) is 0. The van der Waals surface area contributed by atoms with E-state index in [1.807, 2.05) is 26.8 Å². The Morgan fingerprint density at radius 2 is 1.30 bits per heavy atom. The SMILES string of the molecule is C=C(/C=C(\C)N)C(C)(C)C.CC.Cc1ccc(C)cc1. The topological polar surface area (TPSA) is 26.0 Å². The molecule has 0 unspecified atom stereocenters. The molecule has 1 rings (SSSR count). The Morgan fingerprint density at radius 3 is 1.45 bits per heavy atom. The van der Waals surface area contributed by atoms with Gasteiger partial charge < -0.3 is 5.73 Å². The van der Waals surface area contributed by atoms with Crippen LogP contribution in [0.5, 0.6) is 0 Å². The second-order valence-electron chi connectivity index (χ2n) is 5.82. The summed E-state index contributed by atoms with van der Waals surface area (Å²) >= 11 is 0. The summed E-state index contributed by atoms with van der Waals surface area (Å²) in [5.41, 5.74) is 10.2. The molecule has 0 saturated carbocycles. The van der Waals surface area contributed by atoms with Crippen LogP contribution in [0.1, 0.15) is 52.7 Å². The van der Waals surface area contributed by atoms with E-state index in [2.05, 4.69) is 65.5 Å². The van der Waals surface area contributed by atoms with Crippen molar-refractivity contribution < 1.29 is 0 Å². The highest BCUT2D eigenvalue weighted by Crippen LogP contribution is 2.24. The molecule has 0 atom stereocenters. The maximum Gasteiger partial charge on any atom is 0.00516 e. The number of allylic oxidation sites excluding steroid dienone is 3. The van der Waals surface area contributed by atoms with Gasteiger partial charge in [-0.15, -0.1) is 0 Å². The summed E-state index contributed by atoms with van der Waals surface area (Å²) < 4.78 is 0. The molecule has 0 amide bonds. The molecule has 20 heavy (non-hydrogen) atoms. The van der Waals surface area contributed by atoms with Crippen LogP contribution < -0.4 is 5.73 Å². The molecule has 1 aromatic rings. The molecule has 0 radical (unpaired) electrons. The Bertz CT molecular complexity index is 377. The second kappa shape index (κ2) is 10.3. The fraction of sp³-hybridized carbons (Fsp3) is 0.474. The zero-order chi connectivity index (χ0) is 16.3. The van der Waals surface area contributed by atoms with E-state index in [0.29, 0.717) is 0 Å². The van der Waals surface area contributed by atoms with Gasteiger partial charge in [0.15, 0.2) is 0 Å². The molecule has 1 aromatic carbocycles. The monoisotopic (exact) mass is 275 g/mol. The van der Waals surface area contributed by atoms with Crippen molar-refractivity contribution in [3.05, 3.63) is 59.3 Å². The van der Waals surface area contributed by atoms with Crippen molar-refractivity contribution in [2.45, 2.75) is 55.4 Å². The van der Waals surface area contributed by atoms with E-state index in [1.54, 1.807) is 0 Å². The van der Waals surface area contributed by atoms with E-state index < -0.39 is 0 Å². The molecule has 1 nitrogen and oxygen atoms in total. The summed E-state index contributed by atoms with van der Waals surface area (Å²) in [4.78, 5) is 0. The van der Waals surface area contributed by atoms with Gasteiger partial charge in [-0.05, 0) is 37.8 Å². The minimum absolute atomic E-state index is 0.140. The minimum Gasteiger partial charge on any atom is -0.402 e.